The van der Waals surface area contributed by atoms with E-state index in [4.69, 9.17) is 4.42 Å². The lowest BCUT2D eigenvalue weighted by molar-refractivity contribution is -0.122. The van der Waals surface area contributed by atoms with Gasteiger partial charge in [-0.2, -0.15) is 0 Å². The predicted molar refractivity (Wildman–Crippen MR) is 125 cm³/mol. The molecule has 0 unspecified atom stereocenters. The number of nitrogens with zero attached hydrogens (tertiary/aromatic N) is 2. The van der Waals surface area contributed by atoms with Gasteiger partial charge in [-0.15, -0.1) is 11.3 Å². The Labute approximate surface area is 192 Å². The van der Waals surface area contributed by atoms with Crippen molar-refractivity contribution in [2.45, 2.75) is 33.5 Å². The third-order valence-corrected chi connectivity index (χ3v) is 6.16. The van der Waals surface area contributed by atoms with Crippen LogP contribution < -0.4 is 21.9 Å². The maximum absolute atomic E-state index is 13.1. The van der Waals surface area contributed by atoms with Crippen molar-refractivity contribution in [1.29, 1.82) is 0 Å². The molecule has 0 aliphatic carbocycles. The van der Waals surface area contributed by atoms with Crippen molar-refractivity contribution in [1.82, 2.24) is 14.5 Å². The molecule has 10 heteroatoms. The molecule has 4 rings (SSSR count). The van der Waals surface area contributed by atoms with Gasteiger partial charge in [0.15, 0.2) is 0 Å². The van der Waals surface area contributed by atoms with Crippen LogP contribution in [0.4, 0.5) is 5.69 Å². The van der Waals surface area contributed by atoms with Crippen LogP contribution >= 0.6 is 11.3 Å². The Bertz CT molecular complexity index is 1450. The first-order chi connectivity index (χ1) is 15.8. The quantitative estimate of drug-likeness (QED) is 0.434. The summed E-state index contributed by atoms with van der Waals surface area (Å²) < 4.78 is 7.52. The zero-order valence-corrected chi connectivity index (χ0v) is 18.9. The number of anilines is 1. The summed E-state index contributed by atoms with van der Waals surface area (Å²) in [6.07, 6.45) is 1.48. The van der Waals surface area contributed by atoms with Crippen molar-refractivity contribution < 1.29 is 14.0 Å². The minimum Gasteiger partial charge on any atom is -0.467 e. The van der Waals surface area contributed by atoms with Gasteiger partial charge in [-0.3, -0.25) is 19.0 Å². The number of hydrogen-bond acceptors (Lipinski definition) is 6. The van der Waals surface area contributed by atoms with Gasteiger partial charge in [-0.25, -0.2) is 9.36 Å². The number of furan rings is 1. The van der Waals surface area contributed by atoms with Gasteiger partial charge in [0, 0.05) is 5.69 Å². The predicted octanol–water partition coefficient (Wildman–Crippen LogP) is 2.39. The lowest BCUT2D eigenvalue weighted by atomic mass is 10.1. The van der Waals surface area contributed by atoms with E-state index < -0.39 is 29.6 Å². The molecule has 3 heterocycles. The van der Waals surface area contributed by atoms with Crippen LogP contribution in [-0.4, -0.2) is 20.9 Å². The number of rotatable bonds is 7. The van der Waals surface area contributed by atoms with Gasteiger partial charge in [0.2, 0.25) is 11.8 Å². The minimum absolute atomic E-state index is 0.133. The molecule has 0 bridgehead atoms. The second-order valence-corrected chi connectivity index (χ2v) is 8.51. The lowest BCUT2D eigenvalue weighted by Crippen LogP contribution is -2.44. The molecule has 0 spiro atoms. The average molecular weight is 467 g/mol. The second-order valence-electron chi connectivity index (χ2n) is 7.60. The highest BCUT2D eigenvalue weighted by Gasteiger charge is 2.18. The van der Waals surface area contributed by atoms with Crippen molar-refractivity contribution in [2.24, 2.45) is 0 Å². The van der Waals surface area contributed by atoms with Crippen LogP contribution in [-0.2, 0) is 29.2 Å². The summed E-state index contributed by atoms with van der Waals surface area (Å²) in [4.78, 5) is 51.0. The van der Waals surface area contributed by atoms with E-state index in [2.05, 4.69) is 10.6 Å². The van der Waals surface area contributed by atoms with Gasteiger partial charge >= 0.3 is 5.69 Å². The fourth-order valence-corrected chi connectivity index (χ4v) is 4.23. The van der Waals surface area contributed by atoms with Gasteiger partial charge in [0.05, 0.1) is 18.3 Å². The van der Waals surface area contributed by atoms with E-state index in [1.807, 2.05) is 26.0 Å². The first-order valence-electron chi connectivity index (χ1n) is 10.2. The molecular formula is C23H22N4O5S. The van der Waals surface area contributed by atoms with Gasteiger partial charge in [0.1, 0.15) is 23.5 Å². The van der Waals surface area contributed by atoms with Crippen LogP contribution in [0.5, 0.6) is 0 Å². The van der Waals surface area contributed by atoms with E-state index in [0.29, 0.717) is 21.7 Å². The topological polar surface area (TPSA) is 115 Å². The number of thiophene rings is 1. The normalized spacial score (nSPS) is 11.0. The number of nitrogens with one attached hydrogen (secondary N) is 2. The summed E-state index contributed by atoms with van der Waals surface area (Å²) in [5.41, 5.74) is 1.81. The van der Waals surface area contributed by atoms with Crippen molar-refractivity contribution in [3.05, 3.63) is 85.8 Å². The molecule has 0 radical (unpaired) electrons. The maximum atomic E-state index is 13.1. The van der Waals surface area contributed by atoms with Crippen LogP contribution in [0.3, 0.4) is 0 Å². The fraction of sp³-hybridized carbons (Fsp3) is 0.217. The standard InChI is InChI=1S/C23H22N4O5S/c1-14-5-6-16(10-15(14)2)25-20(29)13-26-18-7-9-33-21(18)22(30)27(23(26)31)12-19(28)24-11-17-4-3-8-32-17/h3-10H,11-13H2,1-2H3,(H,24,28)(H,25,29). The van der Waals surface area contributed by atoms with E-state index in [1.165, 1.54) is 10.8 Å². The van der Waals surface area contributed by atoms with Crippen molar-refractivity contribution >= 4 is 39.1 Å². The molecule has 9 nitrogen and oxygen atoms in total. The Morgan fingerprint density at radius 1 is 1.00 bits per heavy atom. The maximum Gasteiger partial charge on any atom is 0.332 e. The Kier molecular flexibility index (Phi) is 6.27. The molecule has 170 valence electrons. The summed E-state index contributed by atoms with van der Waals surface area (Å²) in [5.74, 6) is -0.391. The molecule has 0 aliphatic heterocycles. The largest absolute Gasteiger partial charge is 0.467 e. The number of carbonyl (C=O) groups excluding carboxylic acids is 2. The average Bonchev–Trinajstić information content (AvgIpc) is 3.47. The third kappa shape index (κ3) is 4.80. The number of aromatic nitrogens is 2. The monoisotopic (exact) mass is 466 g/mol. The first-order valence-corrected chi connectivity index (χ1v) is 11.1. The number of carbonyl (C=O) groups is 2. The molecule has 2 amide bonds. The Morgan fingerprint density at radius 2 is 1.79 bits per heavy atom. The Hall–Kier alpha value is -3.92. The zero-order chi connectivity index (χ0) is 23.5. The number of benzene rings is 1. The number of aryl methyl sites for hydroxylation is 2. The van der Waals surface area contributed by atoms with E-state index in [-0.39, 0.29) is 13.1 Å². The summed E-state index contributed by atoms with van der Waals surface area (Å²) in [5, 5.41) is 7.07. The highest BCUT2D eigenvalue weighted by atomic mass is 32.1. The molecule has 33 heavy (non-hydrogen) atoms. The Morgan fingerprint density at radius 3 is 2.52 bits per heavy atom. The molecule has 1 aromatic carbocycles. The van der Waals surface area contributed by atoms with Crippen LogP contribution in [0.15, 0.2) is 62.0 Å². The highest BCUT2D eigenvalue weighted by Crippen LogP contribution is 2.17. The van der Waals surface area contributed by atoms with Crippen molar-refractivity contribution in [3.8, 4) is 0 Å². The number of fused-ring (bicyclic) bond motifs is 1. The highest BCUT2D eigenvalue weighted by molar-refractivity contribution is 7.17. The molecule has 0 aliphatic rings. The first kappa shape index (κ1) is 22.3. The van der Waals surface area contributed by atoms with Crippen molar-refractivity contribution in [3.63, 3.8) is 0 Å². The lowest BCUT2D eigenvalue weighted by Gasteiger charge is -2.13. The van der Waals surface area contributed by atoms with Gasteiger partial charge < -0.3 is 15.1 Å². The fourth-order valence-electron chi connectivity index (χ4n) is 3.39. The van der Waals surface area contributed by atoms with Crippen LogP contribution in [0, 0.1) is 13.8 Å². The molecule has 0 saturated heterocycles. The summed E-state index contributed by atoms with van der Waals surface area (Å²) in [6.45, 7) is 3.28. The summed E-state index contributed by atoms with van der Waals surface area (Å²) >= 11 is 1.15. The van der Waals surface area contributed by atoms with E-state index >= 15 is 0 Å². The summed E-state index contributed by atoms with van der Waals surface area (Å²) in [7, 11) is 0. The zero-order valence-electron chi connectivity index (χ0n) is 18.1. The number of hydrogen-bond donors (Lipinski definition) is 2. The second kappa shape index (κ2) is 9.29. The molecule has 3 aromatic heterocycles. The summed E-state index contributed by atoms with van der Waals surface area (Å²) in [6, 6.07) is 10.5. The molecule has 4 aromatic rings. The Balaban J connectivity index is 1.58. The molecular weight excluding hydrogens is 444 g/mol. The molecule has 0 atom stereocenters. The van der Waals surface area contributed by atoms with Crippen molar-refractivity contribution in [2.75, 3.05) is 5.32 Å². The molecule has 0 saturated carbocycles. The van der Waals surface area contributed by atoms with Crippen LogP contribution in [0.25, 0.3) is 10.2 Å². The SMILES string of the molecule is Cc1ccc(NC(=O)Cn2c(=O)n(CC(=O)NCc3ccco3)c(=O)c3sccc32)cc1C. The van der Waals surface area contributed by atoms with Gasteiger partial charge in [-0.05, 0) is 60.7 Å². The van der Waals surface area contributed by atoms with E-state index in [9.17, 15) is 19.2 Å². The van der Waals surface area contributed by atoms with Gasteiger partial charge in [0.25, 0.3) is 5.56 Å². The number of amides is 2. The van der Waals surface area contributed by atoms with Crippen LogP contribution in [0.1, 0.15) is 16.9 Å². The van der Waals surface area contributed by atoms with Gasteiger partial charge in [-0.1, -0.05) is 6.07 Å². The van der Waals surface area contributed by atoms with Crippen LogP contribution in [0.2, 0.25) is 0 Å². The minimum atomic E-state index is -0.728. The van der Waals surface area contributed by atoms with E-state index in [0.717, 1.165) is 27.0 Å². The smallest absolute Gasteiger partial charge is 0.332 e. The van der Waals surface area contributed by atoms with E-state index in [1.54, 1.807) is 29.6 Å². The third-order valence-electron chi connectivity index (χ3n) is 5.27. The molecule has 2 N–H and O–H groups in total. The molecule has 0 fully saturated rings.